The van der Waals surface area contributed by atoms with Crippen molar-refractivity contribution in [3.05, 3.63) is 65.2 Å². The van der Waals surface area contributed by atoms with Gasteiger partial charge in [0.25, 0.3) is 0 Å². The molecular weight excluding hydrogens is 300 g/mol. The number of ketones is 2. The van der Waals surface area contributed by atoms with Crippen LogP contribution in [0.5, 0.6) is 5.75 Å². The third kappa shape index (κ3) is 4.54. The molecule has 0 amide bonds. The average molecular weight is 324 g/mol. The molecule has 0 spiro atoms. The minimum atomic E-state index is -0.178. The van der Waals surface area contributed by atoms with Gasteiger partial charge in [0.05, 0.1) is 13.0 Å². The minimum absolute atomic E-state index is 0.0414. The summed E-state index contributed by atoms with van der Waals surface area (Å²) in [5, 5.41) is 0. The standard InChI is InChI=1S/C21H24O3/c1-5-24-18-12-8-16(9-13-18)20(23)14-19(22)15-6-10-17(11-7-15)21(2,3)4/h6-13H,5,14H2,1-4H3. The first kappa shape index (κ1) is 17.9. The van der Waals surface area contributed by atoms with Gasteiger partial charge in [-0.25, -0.2) is 0 Å². The van der Waals surface area contributed by atoms with E-state index in [1.54, 1.807) is 36.4 Å². The van der Waals surface area contributed by atoms with Crippen molar-refractivity contribution in [3.63, 3.8) is 0 Å². The molecule has 2 rings (SSSR count). The molecule has 24 heavy (non-hydrogen) atoms. The molecule has 3 heteroatoms. The Kier molecular flexibility index (Phi) is 5.55. The fourth-order valence-corrected chi connectivity index (χ4v) is 2.41. The summed E-state index contributed by atoms with van der Waals surface area (Å²) in [4.78, 5) is 24.6. The number of hydrogen-bond donors (Lipinski definition) is 0. The SMILES string of the molecule is CCOc1ccc(C(=O)CC(=O)c2ccc(C(C)(C)C)cc2)cc1. The van der Waals surface area contributed by atoms with E-state index in [1.165, 1.54) is 0 Å². The molecule has 0 aromatic heterocycles. The lowest BCUT2D eigenvalue weighted by molar-refractivity contribution is 0.0894. The first-order chi connectivity index (χ1) is 11.3. The lowest BCUT2D eigenvalue weighted by Gasteiger charge is -2.18. The van der Waals surface area contributed by atoms with Crippen LogP contribution in [0.2, 0.25) is 0 Å². The zero-order valence-electron chi connectivity index (χ0n) is 14.8. The first-order valence-electron chi connectivity index (χ1n) is 8.21. The van der Waals surface area contributed by atoms with E-state index < -0.39 is 0 Å². The maximum atomic E-state index is 12.3. The molecule has 2 aromatic carbocycles. The highest BCUT2D eigenvalue weighted by molar-refractivity contribution is 6.13. The molecule has 126 valence electrons. The van der Waals surface area contributed by atoms with E-state index in [4.69, 9.17) is 4.74 Å². The molecule has 2 aromatic rings. The Labute approximate surface area is 143 Å². The molecule has 0 N–H and O–H groups in total. The quantitative estimate of drug-likeness (QED) is 0.564. The summed E-state index contributed by atoms with van der Waals surface area (Å²) in [6, 6.07) is 14.4. The highest BCUT2D eigenvalue weighted by Crippen LogP contribution is 2.22. The molecule has 0 fully saturated rings. The Morgan fingerprint density at radius 2 is 1.29 bits per heavy atom. The second-order valence-corrected chi connectivity index (χ2v) is 6.81. The predicted octanol–water partition coefficient (Wildman–Crippen LogP) is 4.84. The van der Waals surface area contributed by atoms with Crippen molar-refractivity contribution in [2.45, 2.75) is 39.5 Å². The molecular formula is C21H24O3. The van der Waals surface area contributed by atoms with Crippen LogP contribution < -0.4 is 4.74 Å². The molecule has 0 saturated heterocycles. The van der Waals surface area contributed by atoms with E-state index in [-0.39, 0.29) is 23.4 Å². The maximum absolute atomic E-state index is 12.3. The molecule has 0 unspecified atom stereocenters. The van der Waals surface area contributed by atoms with Gasteiger partial charge in [0.1, 0.15) is 5.75 Å². The van der Waals surface area contributed by atoms with Crippen molar-refractivity contribution in [3.8, 4) is 5.75 Å². The van der Waals surface area contributed by atoms with Crippen LogP contribution in [0, 0.1) is 0 Å². The lowest BCUT2D eigenvalue weighted by Crippen LogP contribution is -2.12. The molecule has 0 heterocycles. The van der Waals surface area contributed by atoms with E-state index in [9.17, 15) is 9.59 Å². The van der Waals surface area contributed by atoms with Gasteiger partial charge in [-0.05, 0) is 42.2 Å². The number of benzene rings is 2. The monoisotopic (exact) mass is 324 g/mol. The summed E-state index contributed by atoms with van der Waals surface area (Å²) in [5.74, 6) is 0.385. The molecule has 0 aliphatic heterocycles. The van der Waals surface area contributed by atoms with Gasteiger partial charge in [-0.1, -0.05) is 45.0 Å². The zero-order valence-corrected chi connectivity index (χ0v) is 14.8. The van der Waals surface area contributed by atoms with Gasteiger partial charge in [-0.3, -0.25) is 9.59 Å². The van der Waals surface area contributed by atoms with Crippen LogP contribution in [-0.4, -0.2) is 18.2 Å². The summed E-state index contributed by atoms with van der Waals surface area (Å²) in [6.45, 7) is 8.86. The molecule has 3 nitrogen and oxygen atoms in total. The number of rotatable bonds is 6. The van der Waals surface area contributed by atoms with Crippen molar-refractivity contribution >= 4 is 11.6 Å². The summed E-state index contributed by atoms with van der Waals surface area (Å²) in [5.41, 5.74) is 2.30. The van der Waals surface area contributed by atoms with Gasteiger partial charge in [-0.15, -0.1) is 0 Å². The van der Waals surface area contributed by atoms with Crippen molar-refractivity contribution in [1.82, 2.24) is 0 Å². The Morgan fingerprint density at radius 3 is 1.71 bits per heavy atom. The highest BCUT2D eigenvalue weighted by Gasteiger charge is 2.16. The zero-order chi connectivity index (χ0) is 17.7. The van der Waals surface area contributed by atoms with Crippen LogP contribution in [0.3, 0.4) is 0 Å². The third-order valence-corrected chi connectivity index (χ3v) is 3.88. The van der Waals surface area contributed by atoms with E-state index >= 15 is 0 Å². The van der Waals surface area contributed by atoms with Gasteiger partial charge >= 0.3 is 0 Å². The van der Waals surface area contributed by atoms with Crippen molar-refractivity contribution < 1.29 is 14.3 Å². The van der Waals surface area contributed by atoms with Crippen LogP contribution in [0.1, 0.15) is 60.4 Å². The topological polar surface area (TPSA) is 43.4 Å². The van der Waals surface area contributed by atoms with E-state index in [0.29, 0.717) is 17.7 Å². The number of carbonyl (C=O) groups excluding carboxylic acids is 2. The highest BCUT2D eigenvalue weighted by atomic mass is 16.5. The van der Waals surface area contributed by atoms with E-state index in [0.717, 1.165) is 11.3 Å². The number of carbonyl (C=O) groups is 2. The fraction of sp³-hybridized carbons (Fsp3) is 0.333. The normalized spacial score (nSPS) is 11.2. The molecule has 0 radical (unpaired) electrons. The molecule has 0 aliphatic rings. The lowest BCUT2D eigenvalue weighted by atomic mass is 9.86. The Bertz CT molecular complexity index is 704. The second kappa shape index (κ2) is 7.43. The summed E-state index contributed by atoms with van der Waals surface area (Å²) in [7, 11) is 0. The molecule has 0 aliphatic carbocycles. The van der Waals surface area contributed by atoms with Gasteiger partial charge in [0.15, 0.2) is 11.6 Å². The molecule has 0 atom stereocenters. The van der Waals surface area contributed by atoms with Crippen LogP contribution in [0.25, 0.3) is 0 Å². The van der Waals surface area contributed by atoms with Gasteiger partial charge in [-0.2, -0.15) is 0 Å². The predicted molar refractivity (Wildman–Crippen MR) is 96.0 cm³/mol. The van der Waals surface area contributed by atoms with Crippen molar-refractivity contribution in [2.24, 2.45) is 0 Å². The minimum Gasteiger partial charge on any atom is -0.494 e. The third-order valence-electron chi connectivity index (χ3n) is 3.88. The van der Waals surface area contributed by atoms with Crippen LogP contribution in [-0.2, 0) is 5.41 Å². The number of hydrogen-bond acceptors (Lipinski definition) is 3. The number of ether oxygens (including phenoxy) is 1. The molecule has 0 bridgehead atoms. The maximum Gasteiger partial charge on any atom is 0.170 e. The smallest absolute Gasteiger partial charge is 0.170 e. The largest absolute Gasteiger partial charge is 0.494 e. The Hall–Kier alpha value is -2.42. The van der Waals surface area contributed by atoms with Crippen molar-refractivity contribution in [1.29, 1.82) is 0 Å². The van der Waals surface area contributed by atoms with Crippen LogP contribution >= 0.6 is 0 Å². The van der Waals surface area contributed by atoms with E-state index in [2.05, 4.69) is 20.8 Å². The fourth-order valence-electron chi connectivity index (χ4n) is 2.41. The molecule has 0 saturated carbocycles. The van der Waals surface area contributed by atoms with Crippen LogP contribution in [0.4, 0.5) is 0 Å². The Balaban J connectivity index is 2.04. The van der Waals surface area contributed by atoms with Gasteiger partial charge < -0.3 is 4.74 Å². The van der Waals surface area contributed by atoms with Gasteiger partial charge in [0.2, 0.25) is 0 Å². The second-order valence-electron chi connectivity index (χ2n) is 6.81. The Morgan fingerprint density at radius 1 is 0.833 bits per heavy atom. The summed E-state index contributed by atoms with van der Waals surface area (Å²) >= 11 is 0. The van der Waals surface area contributed by atoms with E-state index in [1.807, 2.05) is 19.1 Å². The summed E-state index contributed by atoms with van der Waals surface area (Å²) < 4.78 is 5.35. The van der Waals surface area contributed by atoms with Crippen molar-refractivity contribution in [2.75, 3.05) is 6.61 Å². The van der Waals surface area contributed by atoms with Gasteiger partial charge in [0, 0.05) is 11.1 Å². The number of Topliss-reactive ketones (excluding diaryl/α,β-unsaturated/α-hetero) is 2. The first-order valence-corrected chi connectivity index (χ1v) is 8.21. The van der Waals surface area contributed by atoms with Crippen LogP contribution in [0.15, 0.2) is 48.5 Å². The summed E-state index contributed by atoms with van der Waals surface area (Å²) in [6.07, 6.45) is -0.122. The average Bonchev–Trinajstić information content (AvgIpc) is 2.55.